The third-order valence-corrected chi connectivity index (χ3v) is 8.44. The second-order valence-electron chi connectivity index (χ2n) is 12.8. The maximum absolute atomic E-state index is 14.4. The number of hydrogen-bond donors (Lipinski definition) is 0. The fraction of sp³-hybridized carbons (Fsp3) is 0.389. The van der Waals surface area contributed by atoms with Crippen molar-refractivity contribution in [2.24, 2.45) is 0 Å². The summed E-state index contributed by atoms with van der Waals surface area (Å²) in [4.78, 5) is 51.9. The Bertz CT molecular complexity index is 1800. The van der Waals surface area contributed by atoms with E-state index < -0.39 is 17.7 Å². The number of carbonyl (C=O) groups excluding carboxylic acids is 2. The van der Waals surface area contributed by atoms with Crippen molar-refractivity contribution in [1.29, 1.82) is 0 Å². The van der Waals surface area contributed by atoms with Crippen molar-refractivity contribution >= 4 is 46.1 Å². The van der Waals surface area contributed by atoms with Crippen molar-refractivity contribution < 1.29 is 19.1 Å². The van der Waals surface area contributed by atoms with Crippen molar-refractivity contribution in [3.05, 3.63) is 98.5 Å². The summed E-state index contributed by atoms with van der Waals surface area (Å²) in [6.07, 6.45) is -0.206. The average Bonchev–Trinajstić information content (AvgIpc) is 3.03. The third-order valence-electron chi connectivity index (χ3n) is 7.70. The maximum atomic E-state index is 14.4. The number of ether oxygens (including phenoxy) is 2. The molecule has 48 heavy (non-hydrogen) atoms. The van der Waals surface area contributed by atoms with E-state index in [9.17, 15) is 14.4 Å². The number of amides is 2. The minimum Gasteiger partial charge on any atom is -0.497 e. The molecule has 0 fully saturated rings. The second-order valence-corrected chi connectivity index (χ2v) is 13.7. The number of para-hydroxylation sites is 1. The molecule has 0 spiro atoms. The lowest BCUT2D eigenvalue weighted by atomic mass is 10.1. The van der Waals surface area contributed by atoms with Crippen molar-refractivity contribution in [3.63, 3.8) is 0 Å². The number of halogens is 2. The number of rotatable bonds is 12. The van der Waals surface area contributed by atoms with Crippen LogP contribution in [-0.2, 0) is 16.0 Å². The van der Waals surface area contributed by atoms with Crippen LogP contribution in [0.4, 0.5) is 4.79 Å². The zero-order chi connectivity index (χ0) is 35.2. The molecule has 3 aromatic carbocycles. The quantitative estimate of drug-likeness (QED) is 0.164. The Kier molecular flexibility index (Phi) is 12.1. The van der Waals surface area contributed by atoms with Crippen LogP contribution >= 0.6 is 23.2 Å². The zero-order valence-corrected chi connectivity index (χ0v) is 30.0. The number of aromatic nitrogens is 2. The van der Waals surface area contributed by atoms with Gasteiger partial charge in [0.1, 0.15) is 17.2 Å². The molecular weight excluding hydrogens is 653 g/mol. The minimum atomic E-state index is -0.732. The molecule has 12 heteroatoms. The summed E-state index contributed by atoms with van der Waals surface area (Å²) in [6.45, 7) is 6.48. The van der Waals surface area contributed by atoms with E-state index in [4.69, 9.17) is 37.7 Å². The number of fused-ring (bicyclic) bond motifs is 1. The molecule has 0 bridgehead atoms. The molecule has 1 unspecified atom stereocenters. The molecule has 1 atom stereocenters. The number of carbonyl (C=O) groups is 2. The van der Waals surface area contributed by atoms with Crippen LogP contribution in [-0.4, -0.2) is 89.7 Å². The van der Waals surface area contributed by atoms with Gasteiger partial charge in [-0.3, -0.25) is 14.2 Å². The maximum Gasteiger partial charge on any atom is 0.410 e. The molecule has 256 valence electrons. The van der Waals surface area contributed by atoms with Crippen molar-refractivity contribution in [3.8, 4) is 11.4 Å². The highest BCUT2D eigenvalue weighted by molar-refractivity contribution is 6.42. The third kappa shape index (κ3) is 9.27. The van der Waals surface area contributed by atoms with Gasteiger partial charge in [0, 0.05) is 26.7 Å². The van der Waals surface area contributed by atoms with E-state index in [0.29, 0.717) is 56.9 Å². The van der Waals surface area contributed by atoms with Gasteiger partial charge in [0.05, 0.1) is 46.2 Å². The normalized spacial score (nSPS) is 12.2. The monoisotopic (exact) mass is 695 g/mol. The van der Waals surface area contributed by atoms with Gasteiger partial charge in [-0.25, -0.2) is 9.78 Å². The summed E-state index contributed by atoms with van der Waals surface area (Å²) in [5, 5.41) is 1.18. The Morgan fingerprint density at radius 2 is 1.60 bits per heavy atom. The Hall–Kier alpha value is -4.12. The molecule has 0 saturated carbocycles. The smallest absolute Gasteiger partial charge is 0.410 e. The summed E-state index contributed by atoms with van der Waals surface area (Å²) in [5.74, 6) is 0.786. The highest BCUT2D eigenvalue weighted by atomic mass is 35.5. The molecule has 0 aliphatic heterocycles. The van der Waals surface area contributed by atoms with Crippen molar-refractivity contribution in [1.82, 2.24) is 24.3 Å². The molecule has 1 aromatic heterocycles. The van der Waals surface area contributed by atoms with Crippen LogP contribution in [0, 0.1) is 0 Å². The van der Waals surface area contributed by atoms with Gasteiger partial charge in [-0.2, -0.15) is 0 Å². The van der Waals surface area contributed by atoms with Crippen LogP contribution in [0.15, 0.2) is 71.5 Å². The molecule has 1 heterocycles. The molecule has 2 amide bonds. The molecule has 0 saturated heterocycles. The molecule has 0 aliphatic rings. The van der Waals surface area contributed by atoms with Gasteiger partial charge >= 0.3 is 6.09 Å². The predicted molar refractivity (Wildman–Crippen MR) is 191 cm³/mol. The lowest BCUT2D eigenvalue weighted by molar-refractivity contribution is -0.133. The van der Waals surface area contributed by atoms with Gasteiger partial charge in [-0.05, 0) is 95.4 Å². The predicted octanol–water partition coefficient (Wildman–Crippen LogP) is 6.63. The van der Waals surface area contributed by atoms with Crippen LogP contribution in [0.1, 0.15) is 44.6 Å². The molecule has 0 N–H and O–H groups in total. The first-order chi connectivity index (χ1) is 22.7. The highest BCUT2D eigenvalue weighted by Gasteiger charge is 2.32. The number of methoxy groups -OCH3 is 1. The summed E-state index contributed by atoms with van der Waals surface area (Å²) >= 11 is 12.5. The zero-order valence-electron chi connectivity index (χ0n) is 28.5. The Morgan fingerprint density at radius 1 is 0.917 bits per heavy atom. The van der Waals surface area contributed by atoms with E-state index >= 15 is 0 Å². The Labute approximate surface area is 291 Å². The molecular formula is C36H43Cl2N5O5. The Morgan fingerprint density at radius 3 is 2.23 bits per heavy atom. The van der Waals surface area contributed by atoms with E-state index in [1.807, 2.05) is 25.1 Å². The van der Waals surface area contributed by atoms with Gasteiger partial charge in [0.2, 0.25) is 5.91 Å². The summed E-state index contributed by atoms with van der Waals surface area (Å²) in [5.41, 5.74) is 0.775. The number of hydrogen-bond acceptors (Lipinski definition) is 7. The molecule has 4 aromatic rings. The fourth-order valence-electron chi connectivity index (χ4n) is 5.21. The largest absolute Gasteiger partial charge is 0.497 e. The standard InChI is InChI=1S/C36H43Cl2N5O5/c1-36(2,3)48-35(46)41(6)19-18-31(42(21-20-40(4)5)32(44)23-24-12-17-28(37)29(38)22-24)33-39-30-11-9-8-10-27(30)34(45)43(33)25-13-15-26(47-7)16-14-25/h8-17,22,31H,18-21,23H2,1-7H3. The van der Waals surface area contributed by atoms with E-state index in [1.54, 1.807) is 105 Å². The van der Waals surface area contributed by atoms with Gasteiger partial charge < -0.3 is 24.2 Å². The van der Waals surface area contributed by atoms with E-state index in [-0.39, 0.29) is 30.9 Å². The molecule has 10 nitrogen and oxygen atoms in total. The van der Waals surface area contributed by atoms with Gasteiger partial charge in [0.15, 0.2) is 0 Å². The molecule has 4 rings (SSSR count). The van der Waals surface area contributed by atoms with Crippen molar-refractivity contribution in [2.45, 2.75) is 45.3 Å². The minimum absolute atomic E-state index is 0.0308. The summed E-state index contributed by atoms with van der Waals surface area (Å²) in [6, 6.07) is 18.6. The van der Waals surface area contributed by atoms with Crippen molar-refractivity contribution in [2.75, 3.05) is 47.9 Å². The number of nitrogens with zero attached hydrogens (tertiary/aromatic N) is 5. The van der Waals surface area contributed by atoms with E-state index in [1.165, 1.54) is 4.90 Å². The van der Waals surface area contributed by atoms with Crippen LogP contribution in [0.2, 0.25) is 10.0 Å². The number of likely N-dealkylation sites (N-methyl/N-ethyl adjacent to an activating group) is 1. The average molecular weight is 697 g/mol. The molecule has 0 aliphatic carbocycles. The molecule has 0 radical (unpaired) electrons. The lowest BCUT2D eigenvalue weighted by Gasteiger charge is -2.35. The lowest BCUT2D eigenvalue weighted by Crippen LogP contribution is -2.44. The van der Waals surface area contributed by atoms with Gasteiger partial charge in [0.25, 0.3) is 5.56 Å². The summed E-state index contributed by atoms with van der Waals surface area (Å²) in [7, 11) is 7.07. The number of benzene rings is 3. The first kappa shape index (κ1) is 36.7. The van der Waals surface area contributed by atoms with Gasteiger partial charge in [-0.1, -0.05) is 41.4 Å². The fourth-order valence-corrected chi connectivity index (χ4v) is 5.53. The highest BCUT2D eigenvalue weighted by Crippen LogP contribution is 2.29. The van der Waals surface area contributed by atoms with Crippen LogP contribution in [0.5, 0.6) is 5.75 Å². The van der Waals surface area contributed by atoms with Gasteiger partial charge in [-0.15, -0.1) is 0 Å². The first-order valence-corrected chi connectivity index (χ1v) is 16.4. The van der Waals surface area contributed by atoms with Crippen LogP contribution in [0.3, 0.4) is 0 Å². The SMILES string of the molecule is COc1ccc(-n2c(C(CCN(C)C(=O)OC(C)(C)C)N(CCN(C)C)C(=O)Cc3ccc(Cl)c(Cl)c3)nc3ccccc3c2=O)cc1. The Balaban J connectivity index is 1.90. The second kappa shape index (κ2) is 15.9. The topological polar surface area (TPSA) is 97.2 Å². The van der Waals surface area contributed by atoms with Crippen LogP contribution < -0.4 is 10.3 Å². The van der Waals surface area contributed by atoms with E-state index in [2.05, 4.69) is 0 Å². The van der Waals surface area contributed by atoms with Crippen LogP contribution in [0.25, 0.3) is 16.6 Å². The van der Waals surface area contributed by atoms with E-state index in [0.717, 1.165) is 0 Å². The first-order valence-electron chi connectivity index (χ1n) is 15.7. The summed E-state index contributed by atoms with van der Waals surface area (Å²) < 4.78 is 12.5.